The molecule has 304 valence electrons. The number of halogens is 7. The van der Waals surface area contributed by atoms with Crippen LogP contribution in [0.5, 0.6) is 0 Å². The van der Waals surface area contributed by atoms with Gasteiger partial charge in [0.2, 0.25) is 5.78 Å². The number of aromatic nitrogens is 8. The fourth-order valence-corrected chi connectivity index (χ4v) is 6.22. The van der Waals surface area contributed by atoms with Crippen molar-refractivity contribution in [2.24, 2.45) is 5.41 Å². The van der Waals surface area contributed by atoms with Gasteiger partial charge < -0.3 is 35.0 Å². The monoisotopic (exact) mass is 960 g/mol. The van der Waals surface area contributed by atoms with Gasteiger partial charge in [-0.15, -0.1) is 0 Å². The van der Waals surface area contributed by atoms with E-state index in [-0.39, 0.29) is 46.5 Å². The van der Waals surface area contributed by atoms with Crippen LogP contribution in [0.3, 0.4) is 0 Å². The summed E-state index contributed by atoms with van der Waals surface area (Å²) in [5.74, 6) is -14.2. The van der Waals surface area contributed by atoms with Crippen LogP contribution in [0, 0.1) is 45.8 Å². The number of carbonyl (C=O) groups is 1. The van der Waals surface area contributed by atoms with Crippen LogP contribution in [0.15, 0.2) is 109 Å². The topological polar surface area (TPSA) is 143 Å². The van der Waals surface area contributed by atoms with E-state index in [1.165, 1.54) is 20.8 Å². The fourth-order valence-electron chi connectivity index (χ4n) is 6.22. The van der Waals surface area contributed by atoms with Gasteiger partial charge in [-0.3, -0.25) is 4.79 Å². The second-order valence-electron chi connectivity index (χ2n) is 14.5. The average Bonchev–Trinajstić information content (AvgIpc) is 3.93. The molecule has 0 saturated heterocycles. The van der Waals surface area contributed by atoms with E-state index < -0.39 is 35.0 Å². The van der Waals surface area contributed by atoms with Gasteiger partial charge in [0.05, 0.1) is 23.3 Å². The van der Waals surface area contributed by atoms with Crippen LogP contribution in [0.2, 0.25) is 0 Å². The fraction of sp³-hybridized carbons (Fsp3) is 0.167. The summed E-state index contributed by atoms with van der Waals surface area (Å²) in [6.07, 6.45) is -6.91. The molecule has 0 fully saturated rings. The smallest absolute Gasteiger partial charge is 0.460 e. The van der Waals surface area contributed by atoms with E-state index in [9.17, 15) is 35.5 Å². The Bertz CT molecular complexity index is 2730. The van der Waals surface area contributed by atoms with Gasteiger partial charge in [-0.2, -0.15) is 30.7 Å². The van der Waals surface area contributed by atoms with Crippen molar-refractivity contribution in [1.82, 2.24) is 39.9 Å². The van der Waals surface area contributed by atoms with Crippen LogP contribution in [0.1, 0.15) is 20.8 Å². The number of benzene rings is 4. The van der Waals surface area contributed by atoms with Gasteiger partial charge in [0.25, 0.3) is 0 Å². The van der Waals surface area contributed by atoms with Gasteiger partial charge in [0.15, 0.2) is 0 Å². The Hall–Kier alpha value is -5.70. The van der Waals surface area contributed by atoms with Crippen molar-refractivity contribution >= 4 is 49.9 Å². The Labute approximate surface area is 367 Å². The van der Waals surface area contributed by atoms with E-state index in [4.69, 9.17) is 45.0 Å². The van der Waals surface area contributed by atoms with E-state index in [1.807, 2.05) is 97.1 Å². The maximum atomic E-state index is 12.9. The van der Waals surface area contributed by atoms with Crippen molar-refractivity contribution in [3.05, 3.63) is 109 Å². The first kappa shape index (κ1) is 42.4. The number of nitrogens with zero attached hydrogens (tertiary/aromatic N) is 8. The number of ketones is 1. The standard InChI is InChI=1S/C32H16N8.C10H11F7O2.Sm/c1-2-10-18-17(9-1)25-33-26(18)38-28-21-13-5-6-14-22(21)30(35-28)40-32-24-16-8-7-15-23(24)31(36-32)39-29-20-12-4-3-11-19(20)27(34-29)37-25;1-7(2,3)5(18)4-6(19)8(11,12)9(13,14)10(15,16)17;/h1-16H;4,18H,1-3H3;/q-2;;. The van der Waals surface area contributed by atoms with Crippen LogP contribution in [0.25, 0.3) is 89.7 Å². The summed E-state index contributed by atoms with van der Waals surface area (Å²) in [6.45, 7) is 3.73. The van der Waals surface area contributed by atoms with Crippen molar-refractivity contribution in [3.63, 3.8) is 0 Å². The number of carbonyl (C=O) groups excluding carboxylic acids is 1. The predicted octanol–water partition coefficient (Wildman–Crippen LogP) is 10.0. The van der Waals surface area contributed by atoms with Gasteiger partial charge >= 0.3 is 18.0 Å². The summed E-state index contributed by atoms with van der Waals surface area (Å²) >= 11 is 0. The number of aliphatic hydroxyl groups is 1. The number of alkyl halides is 7. The zero-order valence-electron chi connectivity index (χ0n) is 31.3. The predicted molar refractivity (Wildman–Crippen MR) is 205 cm³/mol. The molecule has 9 rings (SSSR count). The number of rotatable bonds is 3. The van der Waals surface area contributed by atoms with Gasteiger partial charge in [0.1, 0.15) is 5.76 Å². The number of fused-ring (bicyclic) bond motifs is 20. The second kappa shape index (κ2) is 15.4. The zero-order chi connectivity index (χ0) is 42.1. The average molecular weight is 959 g/mol. The second-order valence-corrected chi connectivity index (χ2v) is 14.5. The van der Waals surface area contributed by atoms with Crippen LogP contribution in [0.4, 0.5) is 30.7 Å². The van der Waals surface area contributed by atoms with Crippen LogP contribution in [-0.4, -0.2) is 58.8 Å². The molecule has 0 aliphatic carbocycles. The molecule has 2 aliphatic rings. The molecule has 2 aliphatic heterocycles. The largest absolute Gasteiger partial charge is 0.512 e. The van der Waals surface area contributed by atoms with E-state index in [0.29, 0.717) is 45.9 Å². The molecular weight excluding hydrogens is 932 g/mol. The Morgan fingerprint density at radius 2 is 0.800 bits per heavy atom. The minimum absolute atomic E-state index is 0. The van der Waals surface area contributed by atoms with E-state index in [0.717, 1.165) is 43.8 Å². The van der Waals surface area contributed by atoms with E-state index in [2.05, 4.69) is 0 Å². The first-order chi connectivity index (χ1) is 27.8. The van der Waals surface area contributed by atoms with Crippen LogP contribution in [-0.2, 0) is 4.79 Å². The minimum Gasteiger partial charge on any atom is -0.512 e. The molecule has 4 aromatic carbocycles. The van der Waals surface area contributed by atoms with Crippen molar-refractivity contribution < 1.29 is 81.0 Å². The third-order valence-corrected chi connectivity index (χ3v) is 9.43. The number of hydrogen-bond acceptors (Lipinski definition) is 8. The summed E-state index contributed by atoms with van der Waals surface area (Å²) in [6, 6.07) is 31.8. The summed E-state index contributed by atoms with van der Waals surface area (Å²) in [7, 11) is 0. The van der Waals surface area contributed by atoms with Crippen molar-refractivity contribution in [1.29, 1.82) is 0 Å². The molecule has 1 N–H and O–H groups in total. The first-order valence-electron chi connectivity index (χ1n) is 17.7. The summed E-state index contributed by atoms with van der Waals surface area (Å²) in [5.41, 5.74) is 4.53. The Morgan fingerprint density at radius 1 is 0.517 bits per heavy atom. The number of aliphatic hydroxyl groups excluding tert-OH is 1. The SMILES string of the molecule is CC(C)(C)C(O)=CC(=O)C(F)(F)C(F)(F)C(F)(F)F.[Sm].c1ccc2c(c1)-c1nc-2nc2[n-]c(nc3nc(nc4[n-]c(n1)c1ccccc41)-c1ccccc1-3)c1ccccc21. The van der Waals surface area contributed by atoms with E-state index in [1.54, 1.807) is 0 Å². The third kappa shape index (κ3) is 7.41. The Morgan fingerprint density at radius 3 is 1.07 bits per heavy atom. The molecule has 0 radical (unpaired) electrons. The molecule has 60 heavy (non-hydrogen) atoms. The van der Waals surface area contributed by atoms with Crippen LogP contribution < -0.4 is 9.97 Å². The van der Waals surface area contributed by atoms with Gasteiger partial charge in [0, 0.05) is 96.7 Å². The van der Waals surface area contributed by atoms with Crippen molar-refractivity contribution in [2.75, 3.05) is 0 Å². The van der Waals surface area contributed by atoms with E-state index >= 15 is 0 Å². The summed E-state index contributed by atoms with van der Waals surface area (Å²) < 4.78 is 86.1. The molecule has 0 spiro atoms. The molecule has 0 unspecified atom stereocenters. The molecule has 10 nitrogen and oxygen atoms in total. The van der Waals surface area contributed by atoms with Gasteiger partial charge in [-0.05, 0) is 21.5 Å². The molecule has 0 saturated carbocycles. The maximum Gasteiger partial charge on any atom is 0.460 e. The quantitative estimate of drug-likeness (QED) is 0.103. The Balaban J connectivity index is 0.000000234. The van der Waals surface area contributed by atoms with Gasteiger partial charge in [-0.25, -0.2) is 9.97 Å². The third-order valence-electron chi connectivity index (χ3n) is 9.43. The normalized spacial score (nSPS) is 12.9. The van der Waals surface area contributed by atoms with Crippen molar-refractivity contribution in [3.8, 4) is 45.6 Å². The molecule has 3 aromatic heterocycles. The maximum absolute atomic E-state index is 12.9. The minimum atomic E-state index is -6.59. The number of allylic oxidation sites excluding steroid dienone is 2. The molecule has 8 bridgehead atoms. The summed E-state index contributed by atoms with van der Waals surface area (Å²) in [4.78, 5) is 50.1. The molecule has 0 amide bonds. The van der Waals surface area contributed by atoms with Crippen molar-refractivity contribution in [2.45, 2.75) is 38.8 Å². The molecule has 7 aromatic rings. The van der Waals surface area contributed by atoms with Crippen LogP contribution >= 0.6 is 0 Å². The summed E-state index contributed by atoms with van der Waals surface area (Å²) in [5, 5.41) is 12.7. The Kier molecular flexibility index (Phi) is 10.9. The molecule has 0 atom stereocenters. The van der Waals surface area contributed by atoms with Gasteiger partial charge in [-0.1, -0.05) is 118 Å². The molecule has 5 heterocycles. The molecule has 18 heteroatoms. The zero-order valence-corrected chi connectivity index (χ0v) is 33.9. The molecular formula is C42H27F7N8O2Sm-2. The number of hydrogen-bond donors (Lipinski definition) is 1. The first-order valence-corrected chi connectivity index (χ1v) is 17.7.